The van der Waals surface area contributed by atoms with Crippen LogP contribution < -0.4 is 10.6 Å². The summed E-state index contributed by atoms with van der Waals surface area (Å²) in [4.78, 5) is 27.0. The molecule has 0 radical (unpaired) electrons. The van der Waals surface area contributed by atoms with Gasteiger partial charge in [0, 0.05) is 19.3 Å². The molecule has 1 aliphatic rings. The topological polar surface area (TPSA) is 114 Å². The van der Waals surface area contributed by atoms with Crippen LogP contribution in [-0.4, -0.2) is 51.0 Å². The van der Waals surface area contributed by atoms with Gasteiger partial charge in [0.15, 0.2) is 5.15 Å². The van der Waals surface area contributed by atoms with E-state index >= 15 is 0 Å². The Hall–Kier alpha value is -2.92. The van der Waals surface area contributed by atoms with E-state index in [4.69, 9.17) is 27.2 Å². The summed E-state index contributed by atoms with van der Waals surface area (Å²) < 4.78 is 33.3. The van der Waals surface area contributed by atoms with Gasteiger partial charge in [-0.25, -0.2) is 9.48 Å². The zero-order valence-electron chi connectivity index (χ0n) is 15.0. The monoisotopic (exact) mass is 431 g/mol. The fourth-order valence-corrected chi connectivity index (χ4v) is 2.73. The largest absolute Gasteiger partial charge is 0.490 e. The lowest BCUT2D eigenvalue weighted by Gasteiger charge is -2.19. The second-order valence-electron chi connectivity index (χ2n) is 6.05. The second-order valence-corrected chi connectivity index (χ2v) is 6.41. The molecule has 8 nitrogen and oxygen atoms in total. The minimum absolute atomic E-state index is 0.0446. The first kappa shape index (κ1) is 22.4. The fraction of sp³-hybridized carbons (Fsp3) is 0.294. The number of rotatable bonds is 3. The van der Waals surface area contributed by atoms with E-state index in [1.54, 1.807) is 30.3 Å². The third-order valence-corrected chi connectivity index (χ3v) is 4.20. The summed E-state index contributed by atoms with van der Waals surface area (Å²) in [6, 6.07) is 3.61. The van der Waals surface area contributed by atoms with Crippen LogP contribution in [0, 0.1) is 5.92 Å². The molecule has 3 N–H and O–H groups in total. The van der Waals surface area contributed by atoms with Crippen LogP contribution in [0.2, 0.25) is 5.15 Å². The zero-order chi connectivity index (χ0) is 21.8. The molecule has 2 aromatic heterocycles. The SMILES string of the molecule is CN(C(=O)[C@H]1C=C[C@@H](N)C1)c1cn(-c2cccnc2)nc1Cl.O=C(O)C(F)(F)F. The van der Waals surface area contributed by atoms with Crippen LogP contribution in [0.3, 0.4) is 0 Å². The number of pyridine rings is 1. The lowest BCUT2D eigenvalue weighted by atomic mass is 10.1. The second kappa shape index (κ2) is 9.05. The standard InChI is InChI=1S/C15H16ClN5O.C2HF3O2/c1-20(15(22)10-4-5-11(17)7-10)13-9-21(19-14(13)16)12-3-2-6-18-8-12;3-2(4,5)1(6)7/h2-6,8-11H,7,17H2,1H3;(H,6,7)/t10-,11+;/m0./s1. The van der Waals surface area contributed by atoms with Gasteiger partial charge in [0.05, 0.1) is 24.0 Å². The Kier molecular flexibility index (Phi) is 6.98. The van der Waals surface area contributed by atoms with E-state index in [2.05, 4.69) is 10.1 Å². The number of halogens is 4. The number of carbonyl (C=O) groups excluding carboxylic acids is 1. The minimum Gasteiger partial charge on any atom is -0.475 e. The van der Waals surface area contributed by atoms with Gasteiger partial charge in [0.2, 0.25) is 5.91 Å². The van der Waals surface area contributed by atoms with E-state index < -0.39 is 12.1 Å². The van der Waals surface area contributed by atoms with Crippen molar-refractivity contribution in [2.24, 2.45) is 11.7 Å². The van der Waals surface area contributed by atoms with Gasteiger partial charge in [-0.05, 0) is 18.6 Å². The van der Waals surface area contributed by atoms with Gasteiger partial charge in [-0.2, -0.15) is 18.3 Å². The van der Waals surface area contributed by atoms with Crippen LogP contribution in [0.4, 0.5) is 18.9 Å². The van der Waals surface area contributed by atoms with Gasteiger partial charge >= 0.3 is 12.1 Å². The Labute approximate surface area is 168 Å². The summed E-state index contributed by atoms with van der Waals surface area (Å²) in [5.41, 5.74) is 7.14. The van der Waals surface area contributed by atoms with E-state index in [0.29, 0.717) is 12.1 Å². The third-order valence-electron chi connectivity index (χ3n) is 3.93. The molecule has 0 saturated carbocycles. The molecular weight excluding hydrogens is 415 g/mol. The van der Waals surface area contributed by atoms with Crippen molar-refractivity contribution in [2.75, 3.05) is 11.9 Å². The summed E-state index contributed by atoms with van der Waals surface area (Å²) in [5, 5.41) is 11.6. The van der Waals surface area contributed by atoms with Gasteiger partial charge in [0.1, 0.15) is 5.69 Å². The number of carbonyl (C=O) groups is 2. The summed E-state index contributed by atoms with van der Waals surface area (Å²) in [7, 11) is 1.69. The van der Waals surface area contributed by atoms with Crippen LogP contribution in [0.5, 0.6) is 0 Å². The van der Waals surface area contributed by atoms with E-state index in [9.17, 15) is 18.0 Å². The van der Waals surface area contributed by atoms with Gasteiger partial charge in [0.25, 0.3) is 0 Å². The molecule has 2 atom stereocenters. The molecule has 29 heavy (non-hydrogen) atoms. The normalized spacial score (nSPS) is 18.1. The third kappa shape index (κ3) is 5.78. The Morgan fingerprint density at radius 2 is 2.03 bits per heavy atom. The van der Waals surface area contributed by atoms with Gasteiger partial charge in [-0.3, -0.25) is 9.78 Å². The molecule has 1 aliphatic carbocycles. The fourth-order valence-electron chi connectivity index (χ4n) is 2.47. The van der Waals surface area contributed by atoms with Crippen LogP contribution in [0.15, 0.2) is 42.9 Å². The van der Waals surface area contributed by atoms with Crippen molar-refractivity contribution in [1.82, 2.24) is 14.8 Å². The molecule has 156 valence electrons. The molecule has 12 heteroatoms. The number of amides is 1. The predicted molar refractivity (Wildman–Crippen MR) is 98.7 cm³/mol. The summed E-state index contributed by atoms with van der Waals surface area (Å²) in [6.45, 7) is 0. The number of anilines is 1. The van der Waals surface area contributed by atoms with E-state index in [1.807, 2.05) is 24.3 Å². The number of hydrogen-bond donors (Lipinski definition) is 2. The van der Waals surface area contributed by atoms with Gasteiger partial charge in [-0.1, -0.05) is 23.8 Å². The van der Waals surface area contributed by atoms with Crippen LogP contribution in [-0.2, 0) is 9.59 Å². The zero-order valence-corrected chi connectivity index (χ0v) is 15.8. The van der Waals surface area contributed by atoms with E-state index in [0.717, 1.165) is 5.69 Å². The first-order valence-corrected chi connectivity index (χ1v) is 8.55. The molecule has 0 aromatic carbocycles. The molecule has 1 amide bonds. The van der Waals surface area contributed by atoms with Crippen molar-refractivity contribution in [3.05, 3.63) is 48.0 Å². The quantitative estimate of drug-likeness (QED) is 0.721. The Bertz CT molecular complexity index is 901. The van der Waals surface area contributed by atoms with Crippen molar-refractivity contribution in [3.63, 3.8) is 0 Å². The lowest BCUT2D eigenvalue weighted by Crippen LogP contribution is -2.32. The molecule has 0 fully saturated rings. The molecular formula is C17H17ClF3N5O3. The van der Waals surface area contributed by atoms with Crippen molar-refractivity contribution in [3.8, 4) is 5.69 Å². The number of aliphatic carboxylic acids is 1. The first-order chi connectivity index (χ1) is 13.5. The van der Waals surface area contributed by atoms with E-state index in [1.165, 1.54) is 4.90 Å². The highest BCUT2D eigenvalue weighted by Gasteiger charge is 2.38. The molecule has 0 unspecified atom stereocenters. The highest BCUT2D eigenvalue weighted by atomic mass is 35.5. The number of nitrogens with two attached hydrogens (primary N) is 1. The van der Waals surface area contributed by atoms with Crippen molar-refractivity contribution >= 4 is 29.2 Å². The van der Waals surface area contributed by atoms with Crippen molar-refractivity contribution in [1.29, 1.82) is 0 Å². The number of nitrogens with zero attached hydrogens (tertiary/aromatic N) is 4. The van der Waals surface area contributed by atoms with Crippen molar-refractivity contribution < 1.29 is 27.9 Å². The highest BCUT2D eigenvalue weighted by Crippen LogP contribution is 2.28. The molecule has 0 saturated heterocycles. The Morgan fingerprint density at radius 1 is 1.38 bits per heavy atom. The Morgan fingerprint density at radius 3 is 2.52 bits per heavy atom. The summed E-state index contributed by atoms with van der Waals surface area (Å²) in [5.74, 6) is -3.01. The average molecular weight is 432 g/mol. The number of alkyl halides is 3. The van der Waals surface area contributed by atoms with Crippen molar-refractivity contribution in [2.45, 2.75) is 18.6 Å². The molecule has 0 aliphatic heterocycles. The summed E-state index contributed by atoms with van der Waals surface area (Å²) in [6.07, 6.45) is 4.32. The predicted octanol–water partition coefficient (Wildman–Crippen LogP) is 2.42. The molecule has 3 rings (SSSR count). The number of aromatic nitrogens is 3. The van der Waals surface area contributed by atoms with Crippen LogP contribution >= 0.6 is 11.6 Å². The maximum Gasteiger partial charge on any atom is 0.490 e. The molecule has 0 bridgehead atoms. The van der Waals surface area contributed by atoms with Gasteiger partial charge < -0.3 is 15.7 Å². The van der Waals surface area contributed by atoms with E-state index in [-0.39, 0.29) is 23.0 Å². The summed E-state index contributed by atoms with van der Waals surface area (Å²) >= 11 is 6.18. The first-order valence-electron chi connectivity index (χ1n) is 8.18. The lowest BCUT2D eigenvalue weighted by molar-refractivity contribution is -0.192. The number of carboxylic acids is 1. The number of carboxylic acid groups (broad SMARTS) is 1. The average Bonchev–Trinajstić information content (AvgIpc) is 3.27. The van der Waals surface area contributed by atoms with Crippen LogP contribution in [0.1, 0.15) is 6.42 Å². The van der Waals surface area contributed by atoms with Crippen LogP contribution in [0.25, 0.3) is 5.69 Å². The maximum absolute atomic E-state index is 12.5. The molecule has 2 heterocycles. The highest BCUT2D eigenvalue weighted by molar-refractivity contribution is 6.32. The Balaban J connectivity index is 0.000000370. The minimum atomic E-state index is -5.08. The smallest absolute Gasteiger partial charge is 0.475 e. The molecule has 2 aromatic rings. The van der Waals surface area contributed by atoms with Gasteiger partial charge in [-0.15, -0.1) is 0 Å². The molecule has 0 spiro atoms. The maximum atomic E-state index is 12.5. The number of hydrogen-bond acceptors (Lipinski definition) is 5.